The zero-order valence-electron chi connectivity index (χ0n) is 26.9. The van der Waals surface area contributed by atoms with Crippen LogP contribution in [0.15, 0.2) is 101 Å². The number of hydrogen-bond donors (Lipinski definition) is 1. The standard InChI is InChI=1S/C37H32ClN3O6S2/c1-4-46-29-18-15-24(19-30(29)45-3)32-31(33(42)23-13-16-27(17-14-23)47-20-25-10-6-5-9-22(25)2)34(43)35(44)41(32)36-39-40-37(49-36)48-21-26-11-7-8-12-28(26)38/h5-19,32,42H,4,20-21H2,1-3H3/b33-31+. The number of carbonyl (C=O) groups excluding carboxylic acids is 2. The first kappa shape index (κ1) is 34.0. The summed E-state index contributed by atoms with van der Waals surface area (Å²) < 4.78 is 17.9. The van der Waals surface area contributed by atoms with Gasteiger partial charge >= 0.3 is 5.91 Å². The average molecular weight is 714 g/mol. The van der Waals surface area contributed by atoms with Crippen molar-refractivity contribution in [3.05, 3.63) is 129 Å². The molecule has 5 aromatic rings. The van der Waals surface area contributed by atoms with Crippen molar-refractivity contribution in [3.8, 4) is 17.2 Å². The third kappa shape index (κ3) is 7.29. The van der Waals surface area contributed by atoms with Gasteiger partial charge in [-0.15, -0.1) is 10.2 Å². The number of hydrogen-bond acceptors (Lipinski definition) is 10. The van der Waals surface area contributed by atoms with Crippen molar-refractivity contribution in [1.82, 2.24) is 10.2 Å². The lowest BCUT2D eigenvalue weighted by molar-refractivity contribution is -0.132. The molecule has 2 heterocycles. The van der Waals surface area contributed by atoms with Crippen molar-refractivity contribution in [2.75, 3.05) is 18.6 Å². The van der Waals surface area contributed by atoms with E-state index in [1.165, 1.54) is 35.1 Å². The highest BCUT2D eigenvalue weighted by molar-refractivity contribution is 8.00. The van der Waals surface area contributed by atoms with Gasteiger partial charge in [0.1, 0.15) is 18.1 Å². The second kappa shape index (κ2) is 15.1. The summed E-state index contributed by atoms with van der Waals surface area (Å²) in [6.45, 7) is 4.67. The number of Topliss-reactive ketones (excluding diaryl/α,β-unsaturated/α-hetero) is 1. The fraction of sp³-hybridized carbons (Fsp3) is 0.189. The summed E-state index contributed by atoms with van der Waals surface area (Å²) in [4.78, 5) is 28.8. The number of halogens is 1. The predicted octanol–water partition coefficient (Wildman–Crippen LogP) is 8.40. The molecule has 6 rings (SSSR count). The highest BCUT2D eigenvalue weighted by Crippen LogP contribution is 2.46. The maximum Gasteiger partial charge on any atom is 0.301 e. The minimum absolute atomic E-state index is 0.0923. The SMILES string of the molecule is CCOc1ccc(C2/C(=C(\O)c3ccc(OCc4ccccc4C)cc3)C(=O)C(=O)N2c2nnc(SCc3ccccc3Cl)s2)cc1OC. The maximum atomic E-state index is 13.8. The first-order chi connectivity index (χ1) is 23.8. The van der Waals surface area contributed by atoms with Gasteiger partial charge in [0.05, 0.1) is 25.3 Å². The highest BCUT2D eigenvalue weighted by Gasteiger charge is 2.48. The molecule has 250 valence electrons. The van der Waals surface area contributed by atoms with Crippen molar-refractivity contribution in [3.63, 3.8) is 0 Å². The molecular weight excluding hydrogens is 682 g/mol. The van der Waals surface area contributed by atoms with Crippen LogP contribution in [0.3, 0.4) is 0 Å². The van der Waals surface area contributed by atoms with E-state index in [0.717, 1.165) is 16.7 Å². The van der Waals surface area contributed by atoms with Crippen LogP contribution < -0.4 is 19.1 Å². The molecule has 0 radical (unpaired) electrons. The Hall–Kier alpha value is -4.84. The van der Waals surface area contributed by atoms with Gasteiger partial charge in [0.25, 0.3) is 5.78 Å². The minimum atomic E-state index is -1.03. The Labute approximate surface area is 297 Å². The number of anilines is 1. The molecule has 0 saturated carbocycles. The summed E-state index contributed by atoms with van der Waals surface area (Å²) in [7, 11) is 1.51. The zero-order chi connectivity index (χ0) is 34.5. The number of amides is 1. The van der Waals surface area contributed by atoms with E-state index in [0.29, 0.717) is 56.7 Å². The van der Waals surface area contributed by atoms with E-state index in [9.17, 15) is 14.7 Å². The van der Waals surface area contributed by atoms with Crippen LogP contribution in [0.25, 0.3) is 5.76 Å². The fourth-order valence-electron chi connectivity index (χ4n) is 5.39. The molecule has 12 heteroatoms. The highest BCUT2D eigenvalue weighted by atomic mass is 35.5. The van der Waals surface area contributed by atoms with Gasteiger partial charge in [-0.1, -0.05) is 83.2 Å². The molecule has 1 N–H and O–H groups in total. The number of benzene rings is 4. The van der Waals surface area contributed by atoms with E-state index in [4.69, 9.17) is 25.8 Å². The number of carbonyl (C=O) groups is 2. The molecule has 0 aliphatic carbocycles. The van der Waals surface area contributed by atoms with E-state index in [1.807, 2.05) is 62.4 Å². The van der Waals surface area contributed by atoms with Crippen LogP contribution in [0, 0.1) is 6.92 Å². The molecule has 1 aromatic heterocycles. The number of thioether (sulfide) groups is 1. The molecule has 0 bridgehead atoms. The van der Waals surface area contributed by atoms with E-state index in [2.05, 4.69) is 10.2 Å². The Bertz CT molecular complexity index is 2030. The van der Waals surface area contributed by atoms with E-state index >= 15 is 0 Å². The lowest BCUT2D eigenvalue weighted by Gasteiger charge is -2.23. The van der Waals surface area contributed by atoms with Crippen LogP contribution in [0.1, 0.15) is 40.8 Å². The molecule has 1 aliphatic rings. The lowest BCUT2D eigenvalue weighted by Crippen LogP contribution is -2.29. The first-order valence-corrected chi connectivity index (χ1v) is 17.6. The summed E-state index contributed by atoms with van der Waals surface area (Å²) >= 11 is 8.92. The van der Waals surface area contributed by atoms with Gasteiger partial charge in [0.15, 0.2) is 15.8 Å². The number of methoxy groups -OCH3 is 1. The molecule has 9 nitrogen and oxygen atoms in total. The van der Waals surface area contributed by atoms with Gasteiger partial charge in [-0.05, 0) is 78.6 Å². The number of aliphatic hydroxyl groups excluding tert-OH is 1. The van der Waals surface area contributed by atoms with Gasteiger partial charge < -0.3 is 19.3 Å². The average Bonchev–Trinajstić information content (AvgIpc) is 3.69. The monoisotopic (exact) mass is 713 g/mol. The topological polar surface area (TPSA) is 111 Å². The normalized spacial score (nSPS) is 15.4. The third-order valence-electron chi connectivity index (χ3n) is 7.94. The van der Waals surface area contributed by atoms with E-state index < -0.39 is 17.7 Å². The predicted molar refractivity (Wildman–Crippen MR) is 192 cm³/mol. The van der Waals surface area contributed by atoms with Gasteiger partial charge in [-0.3, -0.25) is 14.5 Å². The van der Waals surface area contributed by atoms with Crippen molar-refractivity contribution >= 4 is 57.3 Å². The van der Waals surface area contributed by atoms with Crippen LogP contribution in [0.5, 0.6) is 17.2 Å². The van der Waals surface area contributed by atoms with Gasteiger partial charge in [0.2, 0.25) is 5.13 Å². The number of aliphatic hydroxyl groups is 1. The van der Waals surface area contributed by atoms with Gasteiger partial charge in [0, 0.05) is 16.3 Å². The van der Waals surface area contributed by atoms with Crippen LogP contribution in [0.4, 0.5) is 5.13 Å². The summed E-state index contributed by atoms with van der Waals surface area (Å²) in [6, 6.07) is 26.3. The summed E-state index contributed by atoms with van der Waals surface area (Å²) in [5, 5.41) is 21.1. The van der Waals surface area contributed by atoms with E-state index in [1.54, 1.807) is 42.5 Å². The largest absolute Gasteiger partial charge is 0.507 e. The third-order valence-corrected chi connectivity index (χ3v) is 10.4. The quantitative estimate of drug-likeness (QED) is 0.0448. The number of aromatic nitrogens is 2. The summed E-state index contributed by atoms with van der Waals surface area (Å²) in [5.41, 5.74) is 3.87. The second-order valence-electron chi connectivity index (χ2n) is 11.0. The molecule has 1 atom stereocenters. The van der Waals surface area contributed by atoms with Crippen molar-refractivity contribution in [2.24, 2.45) is 0 Å². The van der Waals surface area contributed by atoms with Crippen LogP contribution >= 0.6 is 34.7 Å². The smallest absolute Gasteiger partial charge is 0.301 e. The molecular formula is C37H32ClN3O6S2. The lowest BCUT2D eigenvalue weighted by atomic mass is 9.95. The summed E-state index contributed by atoms with van der Waals surface area (Å²) in [5.74, 6) is 0.0180. The Morgan fingerprint density at radius 2 is 1.67 bits per heavy atom. The minimum Gasteiger partial charge on any atom is -0.507 e. The molecule has 4 aromatic carbocycles. The Morgan fingerprint density at radius 1 is 0.939 bits per heavy atom. The molecule has 1 unspecified atom stereocenters. The molecule has 0 spiro atoms. The fourth-order valence-corrected chi connectivity index (χ4v) is 7.54. The molecule has 49 heavy (non-hydrogen) atoms. The van der Waals surface area contributed by atoms with Gasteiger partial charge in [-0.2, -0.15) is 0 Å². The van der Waals surface area contributed by atoms with Crippen molar-refractivity contribution in [1.29, 1.82) is 0 Å². The first-order valence-electron chi connectivity index (χ1n) is 15.4. The zero-order valence-corrected chi connectivity index (χ0v) is 29.3. The maximum absolute atomic E-state index is 13.8. The molecule has 1 saturated heterocycles. The molecule has 1 amide bonds. The Kier molecular flexibility index (Phi) is 10.5. The summed E-state index contributed by atoms with van der Waals surface area (Å²) in [6.07, 6.45) is 0. The molecule has 1 aliphatic heterocycles. The number of rotatable bonds is 12. The Balaban J connectivity index is 1.35. The van der Waals surface area contributed by atoms with Crippen molar-refractivity contribution < 1.29 is 28.9 Å². The number of nitrogens with zero attached hydrogens (tertiary/aromatic N) is 3. The number of aryl methyl sites for hydroxylation is 1. The second-order valence-corrected chi connectivity index (χ2v) is 13.6. The van der Waals surface area contributed by atoms with Gasteiger partial charge in [-0.25, -0.2) is 0 Å². The number of ketones is 1. The van der Waals surface area contributed by atoms with Crippen LogP contribution in [0.2, 0.25) is 5.02 Å². The van der Waals surface area contributed by atoms with Crippen molar-refractivity contribution in [2.45, 2.75) is 36.6 Å². The van der Waals surface area contributed by atoms with Crippen LogP contribution in [-0.2, 0) is 21.9 Å². The van der Waals surface area contributed by atoms with Crippen LogP contribution in [-0.4, -0.2) is 40.7 Å². The number of ether oxygens (including phenoxy) is 3. The Morgan fingerprint density at radius 3 is 2.39 bits per heavy atom. The molecule has 1 fully saturated rings. The van der Waals surface area contributed by atoms with E-state index in [-0.39, 0.29) is 16.5 Å².